The highest BCUT2D eigenvalue weighted by Crippen LogP contribution is 2.16. The Morgan fingerprint density at radius 2 is 1.76 bits per heavy atom. The third kappa shape index (κ3) is 6.80. The fourth-order valence-corrected chi connectivity index (χ4v) is 2.51. The fourth-order valence-electron chi connectivity index (χ4n) is 1.76. The number of aryl methyl sites for hydroxylation is 2. The normalized spacial score (nSPS) is 12.4. The highest BCUT2D eigenvalue weighted by atomic mass is 32.2. The summed E-state index contributed by atoms with van der Waals surface area (Å²) in [7, 11) is 0. The molecule has 0 bridgehead atoms. The van der Waals surface area contributed by atoms with Crippen LogP contribution in [0.1, 0.15) is 44.4 Å². The predicted octanol–water partition coefficient (Wildman–Crippen LogP) is 4.07. The molecule has 0 fully saturated rings. The molecule has 0 saturated heterocycles. The van der Waals surface area contributed by atoms with Gasteiger partial charge in [-0.1, -0.05) is 50.1 Å². The monoisotopic (exact) mass is 306 g/mol. The number of rotatable bonds is 5. The number of nitrogens with zero attached hydrogens (tertiary/aromatic N) is 1. The van der Waals surface area contributed by atoms with Crippen LogP contribution in [0.15, 0.2) is 23.3 Å². The average Bonchev–Trinajstić information content (AvgIpc) is 2.33. The van der Waals surface area contributed by atoms with Gasteiger partial charge in [-0.05, 0) is 26.3 Å². The van der Waals surface area contributed by atoms with Crippen molar-refractivity contribution >= 4 is 23.4 Å². The zero-order chi connectivity index (χ0) is 16.0. The topological polar surface area (TPSA) is 41.5 Å². The maximum absolute atomic E-state index is 11.8. The van der Waals surface area contributed by atoms with Gasteiger partial charge >= 0.3 is 0 Å². The van der Waals surface area contributed by atoms with Gasteiger partial charge in [0.25, 0.3) is 0 Å². The largest absolute Gasteiger partial charge is 0.272 e. The van der Waals surface area contributed by atoms with Gasteiger partial charge < -0.3 is 0 Å². The number of hydrazone groups is 1. The molecule has 0 aliphatic heterocycles. The molecule has 0 atom stereocenters. The molecule has 0 unspecified atom stereocenters. The van der Waals surface area contributed by atoms with Crippen molar-refractivity contribution in [1.82, 2.24) is 5.43 Å². The minimum atomic E-state index is -0.0482. The van der Waals surface area contributed by atoms with Crippen molar-refractivity contribution in [3.05, 3.63) is 34.9 Å². The van der Waals surface area contributed by atoms with E-state index in [1.54, 1.807) is 11.8 Å². The highest BCUT2D eigenvalue weighted by Gasteiger charge is 2.14. The Labute approximate surface area is 132 Å². The smallest absolute Gasteiger partial charge is 0.250 e. The molecule has 0 aliphatic carbocycles. The minimum absolute atomic E-state index is 0.0144. The van der Waals surface area contributed by atoms with Gasteiger partial charge in [0.15, 0.2) is 0 Å². The summed E-state index contributed by atoms with van der Waals surface area (Å²) < 4.78 is 0. The number of benzene rings is 1. The average molecular weight is 306 g/mol. The van der Waals surface area contributed by atoms with Crippen LogP contribution in [0.3, 0.4) is 0 Å². The number of hydrogen-bond donors (Lipinski definition) is 1. The Balaban J connectivity index is 2.40. The molecule has 0 radical (unpaired) electrons. The maximum Gasteiger partial charge on any atom is 0.250 e. The Kier molecular flexibility index (Phi) is 6.46. The molecule has 1 rings (SSSR count). The molecule has 0 heterocycles. The van der Waals surface area contributed by atoms with Gasteiger partial charge in [-0.25, -0.2) is 5.43 Å². The second-order valence-corrected chi connectivity index (χ2v) is 7.46. The lowest BCUT2D eigenvalue weighted by atomic mass is 9.91. The first kappa shape index (κ1) is 17.8. The van der Waals surface area contributed by atoms with Gasteiger partial charge in [-0.2, -0.15) is 5.10 Å². The van der Waals surface area contributed by atoms with Crippen LogP contribution < -0.4 is 5.43 Å². The van der Waals surface area contributed by atoms with Crippen molar-refractivity contribution in [2.24, 2.45) is 10.5 Å². The molecule has 116 valence electrons. The first-order valence-corrected chi connectivity index (χ1v) is 8.32. The van der Waals surface area contributed by atoms with Crippen LogP contribution in [-0.2, 0) is 10.5 Å². The Bertz CT molecular complexity index is 510. The summed E-state index contributed by atoms with van der Waals surface area (Å²) in [5, 5.41) is 4.15. The Morgan fingerprint density at radius 3 is 2.29 bits per heavy atom. The van der Waals surface area contributed by atoms with Crippen LogP contribution in [0.25, 0.3) is 0 Å². The number of thioether (sulfide) groups is 1. The van der Waals surface area contributed by atoms with Crippen molar-refractivity contribution < 1.29 is 4.79 Å². The maximum atomic E-state index is 11.8. The van der Waals surface area contributed by atoms with Crippen molar-refractivity contribution in [3.8, 4) is 0 Å². The first-order chi connectivity index (χ1) is 9.68. The molecule has 3 nitrogen and oxygen atoms in total. The van der Waals surface area contributed by atoms with Crippen LogP contribution in [0.4, 0.5) is 0 Å². The second kappa shape index (κ2) is 7.64. The number of carbonyl (C=O) groups excluding carboxylic acids is 1. The van der Waals surface area contributed by atoms with E-state index in [9.17, 15) is 4.79 Å². The number of hydrogen-bond acceptors (Lipinski definition) is 3. The molecule has 1 aromatic carbocycles. The van der Waals surface area contributed by atoms with Crippen LogP contribution in [0.5, 0.6) is 0 Å². The molecule has 1 N–H and O–H groups in total. The lowest BCUT2D eigenvalue weighted by molar-refractivity contribution is -0.118. The lowest BCUT2D eigenvalue weighted by Gasteiger charge is -2.17. The van der Waals surface area contributed by atoms with Crippen molar-refractivity contribution in [2.45, 2.75) is 47.3 Å². The van der Waals surface area contributed by atoms with E-state index < -0.39 is 0 Å². The Hall–Kier alpha value is -1.29. The molecular weight excluding hydrogens is 280 g/mol. The van der Waals surface area contributed by atoms with E-state index in [-0.39, 0.29) is 11.3 Å². The van der Waals surface area contributed by atoms with E-state index in [0.717, 1.165) is 11.5 Å². The third-order valence-electron chi connectivity index (χ3n) is 3.22. The van der Waals surface area contributed by atoms with Crippen LogP contribution in [0.2, 0.25) is 0 Å². The number of nitrogens with one attached hydrogen (secondary N) is 1. The summed E-state index contributed by atoms with van der Waals surface area (Å²) in [6.45, 7) is 12.4. The van der Waals surface area contributed by atoms with Gasteiger partial charge in [0.2, 0.25) is 5.91 Å². The van der Waals surface area contributed by atoms with Gasteiger partial charge in [-0.3, -0.25) is 4.79 Å². The van der Waals surface area contributed by atoms with Gasteiger partial charge in [0.05, 0.1) is 5.75 Å². The number of carbonyl (C=O) groups is 1. The first-order valence-electron chi connectivity index (χ1n) is 7.17. The standard InChI is InChI=1S/C17H26N2OS/c1-12-7-13(2)9-15(8-12)10-21-11-16(20)19-18-14(3)17(4,5)6/h7-9H,10-11H2,1-6H3,(H,19,20)/b18-14-. The molecule has 1 amide bonds. The predicted molar refractivity (Wildman–Crippen MR) is 92.8 cm³/mol. The number of amides is 1. The summed E-state index contributed by atoms with van der Waals surface area (Å²) in [6.07, 6.45) is 0. The van der Waals surface area contributed by atoms with Crippen LogP contribution in [0, 0.1) is 19.3 Å². The summed E-state index contributed by atoms with van der Waals surface area (Å²) in [5.74, 6) is 1.22. The van der Waals surface area contributed by atoms with Crippen LogP contribution >= 0.6 is 11.8 Å². The van der Waals surface area contributed by atoms with Crippen molar-refractivity contribution in [3.63, 3.8) is 0 Å². The molecule has 0 aliphatic rings. The SMILES string of the molecule is C/C(=N/NC(=O)CSCc1cc(C)cc(C)c1)C(C)(C)C. The zero-order valence-corrected chi connectivity index (χ0v) is 14.7. The van der Waals surface area contributed by atoms with E-state index in [1.807, 2.05) is 6.92 Å². The molecule has 21 heavy (non-hydrogen) atoms. The van der Waals surface area contributed by atoms with Gasteiger partial charge in [-0.15, -0.1) is 11.8 Å². The summed E-state index contributed by atoms with van der Waals surface area (Å²) >= 11 is 1.61. The summed E-state index contributed by atoms with van der Waals surface area (Å²) in [5.41, 5.74) is 7.33. The van der Waals surface area contributed by atoms with E-state index >= 15 is 0 Å². The van der Waals surface area contributed by atoms with E-state index in [1.165, 1.54) is 16.7 Å². The zero-order valence-electron chi connectivity index (χ0n) is 13.9. The van der Waals surface area contributed by atoms with E-state index in [2.05, 4.69) is 63.3 Å². The van der Waals surface area contributed by atoms with Crippen molar-refractivity contribution in [2.75, 3.05) is 5.75 Å². The molecule has 4 heteroatoms. The molecular formula is C17H26N2OS. The molecule has 1 aromatic rings. The summed E-state index contributed by atoms with van der Waals surface area (Å²) in [6, 6.07) is 6.49. The lowest BCUT2D eigenvalue weighted by Crippen LogP contribution is -2.25. The van der Waals surface area contributed by atoms with Gasteiger partial charge in [0.1, 0.15) is 0 Å². The van der Waals surface area contributed by atoms with E-state index in [0.29, 0.717) is 5.75 Å². The second-order valence-electron chi connectivity index (χ2n) is 6.47. The highest BCUT2D eigenvalue weighted by molar-refractivity contribution is 7.99. The minimum Gasteiger partial charge on any atom is -0.272 e. The fraction of sp³-hybridized carbons (Fsp3) is 0.529. The Morgan fingerprint density at radius 1 is 1.19 bits per heavy atom. The molecule has 0 aromatic heterocycles. The van der Waals surface area contributed by atoms with Crippen molar-refractivity contribution in [1.29, 1.82) is 0 Å². The summed E-state index contributed by atoms with van der Waals surface area (Å²) in [4.78, 5) is 11.8. The third-order valence-corrected chi connectivity index (χ3v) is 4.22. The van der Waals surface area contributed by atoms with E-state index in [4.69, 9.17) is 0 Å². The molecule has 0 spiro atoms. The quantitative estimate of drug-likeness (QED) is 0.658. The molecule has 0 saturated carbocycles. The van der Waals surface area contributed by atoms with Crippen LogP contribution in [-0.4, -0.2) is 17.4 Å². The van der Waals surface area contributed by atoms with Gasteiger partial charge in [0, 0.05) is 16.9 Å².